The van der Waals surface area contributed by atoms with Crippen LogP contribution in [0.15, 0.2) is 22.6 Å². The fourth-order valence-corrected chi connectivity index (χ4v) is 4.33. The first kappa shape index (κ1) is 19.7. The molecule has 1 N–H and O–H groups in total. The van der Waals surface area contributed by atoms with Gasteiger partial charge in [-0.15, -0.1) is 17.9 Å². The minimum atomic E-state index is -0.376. The van der Waals surface area contributed by atoms with Crippen LogP contribution in [-0.4, -0.2) is 41.0 Å². The summed E-state index contributed by atoms with van der Waals surface area (Å²) in [7, 11) is 1.59. The van der Waals surface area contributed by atoms with Crippen molar-refractivity contribution < 1.29 is 9.53 Å². The number of thiophene rings is 1. The van der Waals surface area contributed by atoms with Gasteiger partial charge in [0.15, 0.2) is 5.16 Å². The third-order valence-corrected chi connectivity index (χ3v) is 6.01. The molecule has 6 nitrogen and oxygen atoms in total. The van der Waals surface area contributed by atoms with Crippen LogP contribution in [-0.2, 0) is 16.1 Å². The third-order valence-electron chi connectivity index (χ3n) is 3.82. The third kappa shape index (κ3) is 4.31. The van der Waals surface area contributed by atoms with Crippen LogP contribution >= 0.6 is 23.1 Å². The van der Waals surface area contributed by atoms with Gasteiger partial charge in [0.2, 0.25) is 5.91 Å². The van der Waals surface area contributed by atoms with Crippen LogP contribution < -0.4 is 10.9 Å². The lowest BCUT2D eigenvalue weighted by Gasteiger charge is -2.14. The van der Waals surface area contributed by atoms with Gasteiger partial charge >= 0.3 is 0 Å². The smallest absolute Gasteiger partial charge is 0.263 e. The second kappa shape index (κ2) is 8.64. The van der Waals surface area contributed by atoms with Crippen molar-refractivity contribution in [3.05, 3.63) is 33.4 Å². The summed E-state index contributed by atoms with van der Waals surface area (Å²) in [5.74, 6) is -0.111. The van der Waals surface area contributed by atoms with Crippen LogP contribution in [0, 0.1) is 13.8 Å². The zero-order valence-corrected chi connectivity index (χ0v) is 16.6. The molecule has 0 radical (unpaired) electrons. The molecular weight excluding hydrogens is 358 g/mol. The van der Waals surface area contributed by atoms with Crippen molar-refractivity contribution in [3.8, 4) is 0 Å². The van der Waals surface area contributed by atoms with E-state index < -0.39 is 0 Å². The van der Waals surface area contributed by atoms with Crippen LogP contribution in [0.4, 0.5) is 0 Å². The van der Waals surface area contributed by atoms with Crippen LogP contribution in [0.2, 0.25) is 0 Å². The molecule has 25 heavy (non-hydrogen) atoms. The maximum Gasteiger partial charge on any atom is 0.263 e. The summed E-state index contributed by atoms with van der Waals surface area (Å²) in [6.45, 7) is 10.7. The lowest BCUT2D eigenvalue weighted by atomic mass is 10.2. The second-order valence-electron chi connectivity index (χ2n) is 5.61. The molecule has 0 aliphatic rings. The van der Waals surface area contributed by atoms with Gasteiger partial charge in [0.05, 0.1) is 17.2 Å². The van der Waals surface area contributed by atoms with Gasteiger partial charge in [-0.05, 0) is 26.3 Å². The summed E-state index contributed by atoms with van der Waals surface area (Å²) in [6, 6.07) is 0. The Labute approximate surface area is 155 Å². The van der Waals surface area contributed by atoms with E-state index in [0.29, 0.717) is 30.2 Å². The number of methoxy groups -OCH3 is 1. The van der Waals surface area contributed by atoms with Gasteiger partial charge in [0, 0.05) is 25.1 Å². The summed E-state index contributed by atoms with van der Waals surface area (Å²) in [6.07, 6.45) is 1.66. The van der Waals surface area contributed by atoms with Gasteiger partial charge in [-0.2, -0.15) is 0 Å². The van der Waals surface area contributed by atoms with Crippen molar-refractivity contribution in [3.63, 3.8) is 0 Å². The Balaban J connectivity index is 2.36. The van der Waals surface area contributed by atoms with Crippen molar-refractivity contribution in [2.45, 2.75) is 37.7 Å². The molecule has 0 aliphatic carbocycles. The Morgan fingerprint density at radius 2 is 2.24 bits per heavy atom. The zero-order chi connectivity index (χ0) is 18.6. The standard InChI is InChI=1S/C17H23N3O3S2/c1-6-8-20-16(22)13-10(2)11(3)24-15(13)19-17(20)25-12(4)14(21)18-7-9-23-5/h6,12H,1,7-9H2,2-5H3,(H,18,21)/t12-/m0/s1. The van der Waals surface area contributed by atoms with E-state index in [4.69, 9.17) is 4.74 Å². The highest BCUT2D eigenvalue weighted by molar-refractivity contribution is 8.00. The Morgan fingerprint density at radius 1 is 1.52 bits per heavy atom. The first-order valence-electron chi connectivity index (χ1n) is 7.95. The van der Waals surface area contributed by atoms with Gasteiger partial charge < -0.3 is 10.1 Å². The highest BCUT2D eigenvalue weighted by atomic mass is 32.2. The topological polar surface area (TPSA) is 73.2 Å². The average Bonchev–Trinajstić information content (AvgIpc) is 2.85. The normalized spacial score (nSPS) is 12.3. The number of carbonyl (C=O) groups is 1. The molecule has 2 heterocycles. The molecule has 136 valence electrons. The molecule has 0 saturated carbocycles. The SMILES string of the molecule is C=CCn1c(S[C@@H](C)C(=O)NCCOC)nc2sc(C)c(C)c2c1=O. The van der Waals surface area contributed by atoms with Crippen LogP contribution in [0.1, 0.15) is 17.4 Å². The number of hydrogen-bond donors (Lipinski definition) is 1. The Bertz CT molecular complexity index is 842. The fourth-order valence-electron chi connectivity index (χ4n) is 2.32. The molecule has 0 spiro atoms. The fraction of sp³-hybridized carbons (Fsp3) is 0.471. The van der Waals surface area contributed by atoms with E-state index in [1.54, 1.807) is 24.7 Å². The Morgan fingerprint density at radius 3 is 2.88 bits per heavy atom. The molecule has 0 aliphatic heterocycles. The van der Waals surface area contributed by atoms with Gasteiger partial charge in [0.1, 0.15) is 4.83 Å². The number of ether oxygens (including phenoxy) is 1. The van der Waals surface area contributed by atoms with Gasteiger partial charge in [-0.1, -0.05) is 17.8 Å². The molecule has 8 heteroatoms. The number of allylic oxidation sites excluding steroid dienone is 1. The van der Waals surface area contributed by atoms with Crippen LogP contribution in [0.3, 0.4) is 0 Å². The Kier molecular flexibility index (Phi) is 6.80. The maximum absolute atomic E-state index is 12.9. The largest absolute Gasteiger partial charge is 0.383 e. The summed E-state index contributed by atoms with van der Waals surface area (Å²) >= 11 is 2.78. The number of fused-ring (bicyclic) bond motifs is 1. The predicted octanol–water partition coefficient (Wildman–Crippen LogP) is 2.50. The molecular formula is C17H23N3O3S2. The quantitative estimate of drug-likeness (QED) is 0.329. The number of hydrogen-bond acceptors (Lipinski definition) is 6. The second-order valence-corrected chi connectivity index (χ2v) is 8.12. The molecule has 0 fully saturated rings. The van der Waals surface area contributed by atoms with E-state index in [1.807, 2.05) is 13.8 Å². The molecule has 0 bridgehead atoms. The number of nitrogens with zero attached hydrogens (tertiary/aromatic N) is 2. The summed E-state index contributed by atoms with van der Waals surface area (Å²) in [5, 5.41) is 3.62. The maximum atomic E-state index is 12.9. The van der Waals surface area contributed by atoms with Crippen molar-refractivity contribution in [1.82, 2.24) is 14.9 Å². The number of amides is 1. The molecule has 0 aromatic carbocycles. The van der Waals surface area contributed by atoms with E-state index in [9.17, 15) is 9.59 Å². The van der Waals surface area contributed by atoms with Crippen molar-refractivity contribution in [2.75, 3.05) is 20.3 Å². The monoisotopic (exact) mass is 381 g/mol. The van der Waals surface area contributed by atoms with E-state index in [-0.39, 0.29) is 16.7 Å². The van der Waals surface area contributed by atoms with Gasteiger partial charge in [-0.25, -0.2) is 4.98 Å². The van der Waals surface area contributed by atoms with Crippen molar-refractivity contribution >= 4 is 39.2 Å². The molecule has 0 unspecified atom stereocenters. The molecule has 0 saturated heterocycles. The van der Waals surface area contributed by atoms with Crippen LogP contribution in [0.5, 0.6) is 0 Å². The molecule has 2 aromatic rings. The van der Waals surface area contributed by atoms with E-state index in [2.05, 4.69) is 16.9 Å². The van der Waals surface area contributed by atoms with Crippen LogP contribution in [0.25, 0.3) is 10.2 Å². The lowest BCUT2D eigenvalue weighted by Crippen LogP contribution is -2.34. The van der Waals surface area contributed by atoms with Crippen molar-refractivity contribution in [1.29, 1.82) is 0 Å². The number of carbonyl (C=O) groups excluding carboxylic acids is 1. The first-order chi connectivity index (χ1) is 11.9. The number of thioether (sulfide) groups is 1. The van der Waals surface area contributed by atoms with E-state index >= 15 is 0 Å². The minimum Gasteiger partial charge on any atom is -0.383 e. The van der Waals surface area contributed by atoms with Crippen molar-refractivity contribution in [2.24, 2.45) is 0 Å². The molecule has 1 atom stereocenters. The lowest BCUT2D eigenvalue weighted by molar-refractivity contribution is -0.120. The highest BCUT2D eigenvalue weighted by Gasteiger charge is 2.20. The molecule has 1 amide bonds. The zero-order valence-electron chi connectivity index (χ0n) is 14.9. The summed E-state index contributed by atoms with van der Waals surface area (Å²) in [4.78, 5) is 31.5. The molecule has 2 aromatic heterocycles. The van der Waals surface area contributed by atoms with Gasteiger partial charge in [0.25, 0.3) is 5.56 Å². The number of nitrogens with one attached hydrogen (secondary N) is 1. The highest BCUT2D eigenvalue weighted by Crippen LogP contribution is 2.29. The number of aromatic nitrogens is 2. The minimum absolute atomic E-state index is 0.0822. The van der Waals surface area contributed by atoms with E-state index in [0.717, 1.165) is 15.3 Å². The van der Waals surface area contributed by atoms with E-state index in [1.165, 1.54) is 23.1 Å². The molecule has 2 rings (SSSR count). The average molecular weight is 382 g/mol. The summed E-state index contributed by atoms with van der Waals surface area (Å²) in [5.41, 5.74) is 0.887. The number of rotatable bonds is 8. The number of aryl methyl sites for hydroxylation is 2. The summed E-state index contributed by atoms with van der Waals surface area (Å²) < 4.78 is 6.51. The first-order valence-corrected chi connectivity index (χ1v) is 9.65. The Hall–Kier alpha value is -1.64. The predicted molar refractivity (Wildman–Crippen MR) is 104 cm³/mol. The van der Waals surface area contributed by atoms with Gasteiger partial charge in [-0.3, -0.25) is 14.2 Å².